The Bertz CT molecular complexity index is 240. The third-order valence-corrected chi connectivity index (χ3v) is 9.55. The number of hydrogen-bond donors (Lipinski definition) is 0. The molecular weight excluding hydrogens is 344 g/mol. The normalized spacial score (nSPS) is 12.0. The molecule has 8 heteroatoms. The zero-order valence-corrected chi connectivity index (χ0v) is 19.1. The highest BCUT2D eigenvalue weighted by Gasteiger charge is 2.39. The molecule has 0 heterocycles. The van der Waals surface area contributed by atoms with Crippen LogP contribution >= 0.6 is 0 Å². The van der Waals surface area contributed by atoms with E-state index in [1.54, 1.807) is 21.3 Å². The van der Waals surface area contributed by atoms with E-state index >= 15 is 0 Å². The lowest BCUT2D eigenvalue weighted by molar-refractivity contribution is 0.0707. The summed E-state index contributed by atoms with van der Waals surface area (Å²) in [7, 11) is 0.368. The molecule has 0 unspecified atom stereocenters. The highest BCUT2D eigenvalue weighted by Crippen LogP contribution is 2.19. The summed E-state index contributed by atoms with van der Waals surface area (Å²) in [6, 6.07) is 1.83. The maximum atomic E-state index is 5.71. The highest BCUT2D eigenvalue weighted by atomic mass is 28.4. The third kappa shape index (κ3) is 10.9. The minimum atomic E-state index is -2.32. The van der Waals surface area contributed by atoms with Gasteiger partial charge >= 0.3 is 17.6 Å². The maximum Gasteiger partial charge on any atom is 0.500 e. The number of hydrogen-bond acceptors (Lipinski definition) is 6. The van der Waals surface area contributed by atoms with Crippen molar-refractivity contribution in [1.29, 1.82) is 0 Å². The van der Waals surface area contributed by atoms with Gasteiger partial charge in [-0.05, 0) is 27.2 Å². The molecule has 0 atom stereocenters. The van der Waals surface area contributed by atoms with E-state index in [1.807, 2.05) is 20.8 Å². The third-order valence-electron chi connectivity index (χ3n) is 3.42. The Balaban J connectivity index is 0. The molecule has 0 bridgehead atoms. The number of rotatable bonds is 14. The Morgan fingerprint density at radius 2 is 0.958 bits per heavy atom. The van der Waals surface area contributed by atoms with Gasteiger partial charge < -0.3 is 26.6 Å². The van der Waals surface area contributed by atoms with Crippen molar-refractivity contribution in [3.8, 4) is 0 Å². The second-order valence-electron chi connectivity index (χ2n) is 5.13. The summed E-state index contributed by atoms with van der Waals surface area (Å²) in [5.74, 6) is 0. The smallest absolute Gasteiger partial charge is 0.377 e. The summed E-state index contributed by atoms with van der Waals surface area (Å²) in [6.07, 6.45) is 3.30. The Morgan fingerprint density at radius 3 is 1.17 bits per heavy atom. The molecule has 0 rings (SSSR count). The van der Waals surface area contributed by atoms with Crippen molar-refractivity contribution < 1.29 is 26.6 Å². The Morgan fingerprint density at radius 1 is 0.542 bits per heavy atom. The lowest BCUT2D eigenvalue weighted by atomic mass is 10.4. The largest absolute Gasteiger partial charge is 0.500 e. The van der Waals surface area contributed by atoms with E-state index in [9.17, 15) is 0 Å². The standard InChI is InChI=1S/C10H24O3Si.C6H16O3Si/c1-5-9-10-14(11-6-2,12-7-3)13-8-4;1-5-6-10(7-2,8-3)9-4/h5-10H2,1-4H3;5-6H2,1-4H3. The molecule has 0 amide bonds. The zero-order chi connectivity index (χ0) is 18.9. The van der Waals surface area contributed by atoms with Gasteiger partial charge in [0.05, 0.1) is 0 Å². The first-order valence-corrected chi connectivity index (χ1v) is 12.9. The van der Waals surface area contributed by atoms with Crippen LogP contribution in [-0.4, -0.2) is 58.8 Å². The van der Waals surface area contributed by atoms with E-state index in [2.05, 4.69) is 13.8 Å². The van der Waals surface area contributed by atoms with Gasteiger partial charge in [0.2, 0.25) is 0 Å². The number of unbranched alkanes of at least 4 members (excludes halogenated alkanes) is 1. The Labute approximate surface area is 151 Å². The molecule has 148 valence electrons. The first-order valence-electron chi connectivity index (χ1n) is 9.06. The zero-order valence-electron chi connectivity index (χ0n) is 17.1. The fourth-order valence-corrected chi connectivity index (χ4v) is 6.77. The van der Waals surface area contributed by atoms with E-state index in [0.717, 1.165) is 31.4 Å². The van der Waals surface area contributed by atoms with Crippen LogP contribution in [0.1, 0.15) is 53.9 Å². The minimum Gasteiger partial charge on any atom is -0.377 e. The predicted octanol–water partition coefficient (Wildman–Crippen LogP) is 4.11. The molecule has 0 fully saturated rings. The van der Waals surface area contributed by atoms with Crippen LogP contribution in [0.4, 0.5) is 0 Å². The molecule has 0 saturated heterocycles. The lowest BCUT2D eigenvalue weighted by Gasteiger charge is -2.28. The molecule has 24 heavy (non-hydrogen) atoms. The molecular formula is C16H40O6Si2. The summed E-state index contributed by atoms with van der Waals surface area (Å²) in [5.41, 5.74) is 0. The molecule has 0 aromatic carbocycles. The van der Waals surface area contributed by atoms with Gasteiger partial charge in [-0.1, -0.05) is 26.7 Å². The van der Waals surface area contributed by atoms with Crippen molar-refractivity contribution in [2.75, 3.05) is 41.2 Å². The van der Waals surface area contributed by atoms with Crippen molar-refractivity contribution in [2.24, 2.45) is 0 Å². The second-order valence-corrected chi connectivity index (χ2v) is 11.0. The lowest BCUT2D eigenvalue weighted by Crippen LogP contribution is -2.45. The van der Waals surface area contributed by atoms with Gasteiger partial charge in [-0.15, -0.1) is 0 Å². The van der Waals surface area contributed by atoms with Crippen molar-refractivity contribution >= 4 is 17.6 Å². The van der Waals surface area contributed by atoms with Crippen LogP contribution < -0.4 is 0 Å². The van der Waals surface area contributed by atoms with Crippen molar-refractivity contribution in [3.05, 3.63) is 0 Å². The van der Waals surface area contributed by atoms with Crippen molar-refractivity contribution in [3.63, 3.8) is 0 Å². The van der Waals surface area contributed by atoms with E-state index < -0.39 is 17.6 Å². The molecule has 0 aromatic rings. The van der Waals surface area contributed by atoms with Gasteiger partial charge in [-0.2, -0.15) is 0 Å². The molecule has 0 spiro atoms. The van der Waals surface area contributed by atoms with Crippen LogP contribution in [0.5, 0.6) is 0 Å². The summed E-state index contributed by atoms with van der Waals surface area (Å²) >= 11 is 0. The summed E-state index contributed by atoms with van der Waals surface area (Å²) in [6.45, 7) is 12.3. The molecule has 0 aliphatic rings. The Hall–Kier alpha value is 0.194. The molecule has 0 aromatic heterocycles. The van der Waals surface area contributed by atoms with Crippen LogP contribution in [0.25, 0.3) is 0 Å². The first-order chi connectivity index (χ1) is 11.5. The van der Waals surface area contributed by atoms with Gasteiger partial charge in [0.15, 0.2) is 0 Å². The van der Waals surface area contributed by atoms with E-state index in [4.69, 9.17) is 26.6 Å². The van der Waals surface area contributed by atoms with E-state index in [-0.39, 0.29) is 0 Å². The van der Waals surface area contributed by atoms with E-state index in [0.29, 0.717) is 19.8 Å². The van der Waals surface area contributed by atoms with Crippen LogP contribution in [0.15, 0.2) is 0 Å². The molecule has 6 nitrogen and oxygen atoms in total. The fraction of sp³-hybridized carbons (Fsp3) is 1.00. The van der Waals surface area contributed by atoms with Crippen molar-refractivity contribution in [1.82, 2.24) is 0 Å². The second kappa shape index (κ2) is 16.7. The topological polar surface area (TPSA) is 55.4 Å². The molecule has 0 aliphatic heterocycles. The molecule has 0 N–H and O–H groups in total. The maximum absolute atomic E-state index is 5.71. The molecule has 0 radical (unpaired) electrons. The summed E-state index contributed by atoms with van der Waals surface area (Å²) in [5, 5.41) is 0. The first kappa shape index (κ1) is 26.4. The van der Waals surface area contributed by atoms with Crippen LogP contribution in [0.2, 0.25) is 12.1 Å². The van der Waals surface area contributed by atoms with Gasteiger partial charge in [0, 0.05) is 53.2 Å². The minimum absolute atomic E-state index is 0.677. The predicted molar refractivity (Wildman–Crippen MR) is 102 cm³/mol. The SMILES string of the molecule is CCCC[Si](OCC)(OCC)OCC.CCC[Si](OC)(OC)OC. The van der Waals surface area contributed by atoms with Gasteiger partial charge in [-0.3, -0.25) is 0 Å². The van der Waals surface area contributed by atoms with Crippen LogP contribution in [0, 0.1) is 0 Å². The van der Waals surface area contributed by atoms with Gasteiger partial charge in [0.25, 0.3) is 0 Å². The summed E-state index contributed by atoms with van der Waals surface area (Å²) in [4.78, 5) is 0. The monoisotopic (exact) mass is 384 g/mol. The average Bonchev–Trinajstić information content (AvgIpc) is 2.59. The van der Waals surface area contributed by atoms with Crippen LogP contribution in [-0.2, 0) is 26.6 Å². The summed E-state index contributed by atoms with van der Waals surface area (Å²) < 4.78 is 32.6. The average molecular weight is 385 g/mol. The van der Waals surface area contributed by atoms with Gasteiger partial charge in [0.1, 0.15) is 0 Å². The Kier molecular flexibility index (Phi) is 18.3. The quantitative estimate of drug-likeness (QED) is 0.420. The van der Waals surface area contributed by atoms with Gasteiger partial charge in [-0.25, -0.2) is 0 Å². The molecule has 0 aliphatic carbocycles. The highest BCUT2D eigenvalue weighted by molar-refractivity contribution is 6.61. The van der Waals surface area contributed by atoms with Crippen LogP contribution in [0.3, 0.4) is 0 Å². The van der Waals surface area contributed by atoms with E-state index in [1.165, 1.54) is 0 Å². The molecule has 0 saturated carbocycles. The van der Waals surface area contributed by atoms with Crippen molar-refractivity contribution in [2.45, 2.75) is 66.0 Å². The fourth-order valence-electron chi connectivity index (χ4n) is 2.26.